The van der Waals surface area contributed by atoms with Crippen molar-refractivity contribution < 1.29 is 9.42 Å². The second-order valence-electron chi connectivity index (χ2n) is 6.99. The number of carbonyl (C=O) groups excluding carboxylic acids is 1. The number of hydrogen-bond donors (Lipinski definition) is 0. The largest absolute Gasteiger partial charge is 0.342 e. The smallest absolute Gasteiger partial charge is 0.228 e. The van der Waals surface area contributed by atoms with E-state index in [1.807, 2.05) is 11.8 Å². The number of aromatic nitrogens is 2. The average molecular weight is 363 g/mol. The molecule has 1 amide bonds. The molecule has 2 aliphatic rings. The second kappa shape index (κ2) is 7.14. The second-order valence-corrected chi connectivity index (χ2v) is 6.99. The lowest BCUT2D eigenvalue weighted by Crippen LogP contribution is -2.34. The number of aryl methyl sites for hydroxylation is 1. The Morgan fingerprint density at radius 3 is 2.64 bits per heavy atom. The highest BCUT2D eigenvalue weighted by Gasteiger charge is 2.47. The van der Waals surface area contributed by atoms with E-state index >= 15 is 0 Å². The number of rotatable bonds is 3. The lowest BCUT2D eigenvalue weighted by molar-refractivity contribution is -0.130. The van der Waals surface area contributed by atoms with E-state index < -0.39 is 0 Å². The van der Waals surface area contributed by atoms with Gasteiger partial charge in [-0.3, -0.25) is 9.69 Å². The monoisotopic (exact) mass is 362 g/mol. The van der Waals surface area contributed by atoms with Gasteiger partial charge in [0.1, 0.15) is 11.4 Å². The zero-order chi connectivity index (χ0) is 16.7. The molecule has 0 aliphatic carbocycles. The van der Waals surface area contributed by atoms with Crippen LogP contribution in [0.2, 0.25) is 0 Å². The summed E-state index contributed by atoms with van der Waals surface area (Å²) in [6, 6.07) is 11.0. The summed E-state index contributed by atoms with van der Waals surface area (Å²) in [7, 11) is 2.19. The van der Waals surface area contributed by atoms with Crippen LogP contribution in [0.4, 0.5) is 0 Å². The summed E-state index contributed by atoms with van der Waals surface area (Å²) in [5.41, 5.74) is 2.69. The molecule has 134 valence electrons. The van der Waals surface area contributed by atoms with E-state index in [2.05, 4.69) is 52.6 Å². The Morgan fingerprint density at radius 1 is 1.20 bits per heavy atom. The van der Waals surface area contributed by atoms with E-state index in [1.54, 1.807) is 0 Å². The minimum absolute atomic E-state index is 0. The van der Waals surface area contributed by atoms with Crippen LogP contribution in [-0.4, -0.2) is 52.7 Å². The Balaban J connectivity index is 0.00000182. The van der Waals surface area contributed by atoms with Gasteiger partial charge in [0.15, 0.2) is 0 Å². The maximum absolute atomic E-state index is 12.6. The van der Waals surface area contributed by atoms with Crippen LogP contribution in [0.25, 0.3) is 0 Å². The quantitative estimate of drug-likeness (QED) is 0.836. The molecule has 6 nitrogen and oxygen atoms in total. The summed E-state index contributed by atoms with van der Waals surface area (Å²) in [6.45, 7) is 4.51. The highest BCUT2D eigenvalue weighted by atomic mass is 35.5. The Morgan fingerprint density at radius 2 is 1.96 bits per heavy atom. The van der Waals surface area contributed by atoms with Gasteiger partial charge in [-0.15, -0.1) is 12.4 Å². The average Bonchev–Trinajstić information content (AvgIpc) is 3.23. The van der Waals surface area contributed by atoms with Crippen molar-refractivity contribution in [2.24, 2.45) is 11.8 Å². The molecular formula is C18H23ClN4O2. The summed E-state index contributed by atoms with van der Waals surface area (Å²) >= 11 is 0. The number of fused-ring (bicyclic) bond motifs is 1. The summed E-state index contributed by atoms with van der Waals surface area (Å²) in [5, 5.41) is 7.58. The molecule has 0 spiro atoms. The fourth-order valence-electron chi connectivity index (χ4n) is 4.28. The fourth-order valence-corrected chi connectivity index (χ4v) is 4.28. The zero-order valence-electron chi connectivity index (χ0n) is 14.5. The fraction of sp³-hybridized carbons (Fsp3) is 0.500. The van der Waals surface area contributed by atoms with E-state index in [9.17, 15) is 4.79 Å². The molecule has 25 heavy (non-hydrogen) atoms. The topological polar surface area (TPSA) is 62.5 Å². The van der Waals surface area contributed by atoms with Crippen LogP contribution in [0.5, 0.6) is 0 Å². The number of benzene rings is 1. The molecule has 3 atom stereocenters. The van der Waals surface area contributed by atoms with Crippen molar-refractivity contribution in [3.05, 3.63) is 47.3 Å². The van der Waals surface area contributed by atoms with Gasteiger partial charge in [-0.05, 0) is 25.5 Å². The lowest BCUT2D eigenvalue weighted by Gasteiger charge is -2.26. The highest BCUT2D eigenvalue weighted by Crippen LogP contribution is 2.44. The van der Waals surface area contributed by atoms with Crippen LogP contribution < -0.4 is 0 Å². The third-order valence-electron chi connectivity index (χ3n) is 5.45. The number of nitrogens with zero attached hydrogens (tertiary/aromatic N) is 4. The molecule has 1 aromatic heterocycles. The first-order valence-corrected chi connectivity index (χ1v) is 8.44. The van der Waals surface area contributed by atoms with Crippen molar-refractivity contribution in [2.75, 3.05) is 26.7 Å². The number of hydrogen-bond acceptors (Lipinski definition) is 5. The zero-order valence-corrected chi connectivity index (χ0v) is 15.3. The Labute approximate surface area is 153 Å². The molecule has 0 saturated carbocycles. The molecule has 0 N–H and O–H groups in total. The predicted molar refractivity (Wildman–Crippen MR) is 95.4 cm³/mol. The van der Waals surface area contributed by atoms with Crippen molar-refractivity contribution in [2.45, 2.75) is 19.4 Å². The van der Waals surface area contributed by atoms with Gasteiger partial charge in [0.05, 0.1) is 6.42 Å². The van der Waals surface area contributed by atoms with E-state index in [0.29, 0.717) is 29.3 Å². The predicted octanol–water partition coefficient (Wildman–Crippen LogP) is 2.10. The molecule has 7 heteroatoms. The number of halogens is 1. The van der Waals surface area contributed by atoms with Crippen LogP contribution in [-0.2, 0) is 11.2 Å². The highest BCUT2D eigenvalue weighted by molar-refractivity contribution is 5.85. The minimum atomic E-state index is 0. The van der Waals surface area contributed by atoms with E-state index in [-0.39, 0.29) is 24.7 Å². The maximum Gasteiger partial charge on any atom is 0.228 e. The van der Waals surface area contributed by atoms with E-state index in [1.165, 1.54) is 5.56 Å². The lowest BCUT2D eigenvalue weighted by atomic mass is 9.90. The third-order valence-corrected chi connectivity index (χ3v) is 5.45. The molecule has 2 aliphatic heterocycles. The van der Waals surface area contributed by atoms with E-state index in [0.717, 1.165) is 19.6 Å². The summed E-state index contributed by atoms with van der Waals surface area (Å²) in [6.07, 6.45) is 0.278. The molecule has 0 unspecified atom stereocenters. The van der Waals surface area contributed by atoms with Gasteiger partial charge in [-0.2, -0.15) is 0 Å². The first-order chi connectivity index (χ1) is 11.6. The molecule has 2 fully saturated rings. The first-order valence-electron chi connectivity index (χ1n) is 8.44. The van der Waals surface area contributed by atoms with Crippen LogP contribution >= 0.6 is 12.4 Å². The molecule has 3 heterocycles. The van der Waals surface area contributed by atoms with Crippen molar-refractivity contribution in [3.8, 4) is 0 Å². The van der Waals surface area contributed by atoms with Crippen molar-refractivity contribution >= 4 is 18.3 Å². The summed E-state index contributed by atoms with van der Waals surface area (Å²) in [4.78, 5) is 17.0. The molecule has 0 bridgehead atoms. The van der Waals surface area contributed by atoms with Crippen molar-refractivity contribution in [3.63, 3.8) is 0 Å². The molecule has 0 radical (unpaired) electrons. The van der Waals surface area contributed by atoms with Crippen LogP contribution in [0.15, 0.2) is 35.0 Å². The van der Waals surface area contributed by atoms with Gasteiger partial charge in [-0.25, -0.2) is 4.63 Å². The minimum Gasteiger partial charge on any atom is -0.342 e. The molecule has 2 aromatic rings. The van der Waals surface area contributed by atoms with Gasteiger partial charge >= 0.3 is 0 Å². The van der Waals surface area contributed by atoms with Gasteiger partial charge in [0.2, 0.25) is 5.91 Å². The third kappa shape index (κ3) is 3.28. The maximum atomic E-state index is 12.6. The first kappa shape index (κ1) is 17.9. The van der Waals surface area contributed by atoms with E-state index in [4.69, 9.17) is 4.63 Å². The Kier molecular flexibility index (Phi) is 5.11. The van der Waals surface area contributed by atoms with Crippen molar-refractivity contribution in [1.82, 2.24) is 20.1 Å². The van der Waals surface area contributed by atoms with Gasteiger partial charge < -0.3 is 4.90 Å². The van der Waals surface area contributed by atoms with Gasteiger partial charge in [-0.1, -0.05) is 40.6 Å². The molecular weight excluding hydrogens is 340 g/mol. The molecule has 1 aromatic carbocycles. The number of amides is 1. The van der Waals surface area contributed by atoms with Crippen LogP contribution in [0.1, 0.15) is 23.0 Å². The number of carbonyl (C=O) groups is 1. The number of likely N-dealkylation sites (tertiary alicyclic amines) is 2. The van der Waals surface area contributed by atoms with Crippen LogP contribution in [0.3, 0.4) is 0 Å². The van der Waals surface area contributed by atoms with Gasteiger partial charge in [0.25, 0.3) is 0 Å². The molecule has 2 saturated heterocycles. The standard InChI is InChI=1S/C18H22N4O2.ClH/c1-12-16(20-24-19-12)8-17(23)22-10-14-9-21(2)18(15(14)11-22)13-6-4-3-5-7-13;/h3-7,14-15,18H,8-11H2,1-2H3;1H/t14-,15+,18-;/m0./s1. The normalized spacial score (nSPS) is 25.7. The van der Waals surface area contributed by atoms with Crippen molar-refractivity contribution in [1.29, 1.82) is 0 Å². The summed E-state index contributed by atoms with van der Waals surface area (Å²) < 4.78 is 4.69. The SMILES string of the molecule is Cc1nonc1CC(=O)N1C[C@@H]2CN(C)[C@@H](c3ccccc3)[C@@H]2C1.Cl. The van der Waals surface area contributed by atoms with Gasteiger partial charge in [0, 0.05) is 31.6 Å². The van der Waals surface area contributed by atoms with Crippen LogP contribution in [0, 0.1) is 18.8 Å². The Bertz CT molecular complexity index is 736. The molecule has 4 rings (SSSR count). The Hall–Kier alpha value is -1.92. The summed E-state index contributed by atoms with van der Waals surface area (Å²) in [5.74, 6) is 1.16.